The van der Waals surface area contributed by atoms with Crippen LogP contribution in [0.1, 0.15) is 31.4 Å². The number of nitrogens with one attached hydrogen (secondary N) is 1. The Morgan fingerprint density at radius 1 is 1.62 bits per heavy atom. The summed E-state index contributed by atoms with van der Waals surface area (Å²) in [4.78, 5) is 0. The molecule has 2 rings (SSSR count). The molecule has 1 aromatic heterocycles. The highest BCUT2D eigenvalue weighted by Crippen LogP contribution is 2.25. The van der Waals surface area contributed by atoms with Crippen LogP contribution >= 0.6 is 0 Å². The van der Waals surface area contributed by atoms with Crippen LogP contribution < -0.4 is 11.1 Å². The molecule has 1 aromatic rings. The zero-order chi connectivity index (χ0) is 11.4. The van der Waals surface area contributed by atoms with Crippen molar-refractivity contribution in [3.05, 3.63) is 24.2 Å². The third kappa shape index (κ3) is 2.64. The second kappa shape index (κ2) is 4.99. The van der Waals surface area contributed by atoms with E-state index < -0.39 is 0 Å². The predicted octanol–water partition coefficient (Wildman–Crippen LogP) is 1.44. The number of rotatable bonds is 5. The first kappa shape index (κ1) is 11.6. The largest absolute Gasteiger partial charge is 0.472 e. The SMILES string of the molecule is CC1(CNC(CN)c2ccoc2)CCCO1. The van der Waals surface area contributed by atoms with Crippen molar-refractivity contribution in [3.8, 4) is 0 Å². The molecule has 2 atom stereocenters. The molecule has 16 heavy (non-hydrogen) atoms. The van der Waals surface area contributed by atoms with Gasteiger partial charge in [-0.05, 0) is 25.8 Å². The Hall–Kier alpha value is -0.840. The van der Waals surface area contributed by atoms with E-state index in [0.29, 0.717) is 6.54 Å². The molecule has 90 valence electrons. The van der Waals surface area contributed by atoms with E-state index >= 15 is 0 Å². The molecule has 0 spiro atoms. The second-order valence-electron chi connectivity index (χ2n) is 4.63. The maximum absolute atomic E-state index is 5.75. The van der Waals surface area contributed by atoms with Crippen LogP contribution in [0.3, 0.4) is 0 Å². The van der Waals surface area contributed by atoms with Gasteiger partial charge in [0.2, 0.25) is 0 Å². The number of nitrogens with two attached hydrogens (primary N) is 1. The quantitative estimate of drug-likeness (QED) is 0.794. The lowest BCUT2D eigenvalue weighted by atomic mass is 10.0. The topological polar surface area (TPSA) is 60.4 Å². The van der Waals surface area contributed by atoms with E-state index in [1.54, 1.807) is 12.5 Å². The first-order valence-electron chi connectivity index (χ1n) is 5.83. The molecular weight excluding hydrogens is 204 g/mol. The maximum atomic E-state index is 5.75. The molecule has 0 bridgehead atoms. The van der Waals surface area contributed by atoms with E-state index in [1.807, 2.05) is 6.07 Å². The van der Waals surface area contributed by atoms with Gasteiger partial charge >= 0.3 is 0 Å². The van der Waals surface area contributed by atoms with E-state index in [2.05, 4.69) is 12.2 Å². The average molecular weight is 224 g/mol. The summed E-state index contributed by atoms with van der Waals surface area (Å²) in [7, 11) is 0. The van der Waals surface area contributed by atoms with Gasteiger partial charge in [0, 0.05) is 31.3 Å². The fraction of sp³-hybridized carbons (Fsp3) is 0.667. The third-order valence-electron chi connectivity index (χ3n) is 3.20. The number of furan rings is 1. The monoisotopic (exact) mass is 224 g/mol. The minimum atomic E-state index is -0.0306. The standard InChI is InChI=1S/C12H20N2O2/c1-12(4-2-5-16-12)9-14-11(7-13)10-3-6-15-8-10/h3,6,8,11,14H,2,4-5,7,9,13H2,1H3. The number of hydrogen-bond donors (Lipinski definition) is 2. The summed E-state index contributed by atoms with van der Waals surface area (Å²) in [5, 5.41) is 3.44. The molecule has 4 heteroatoms. The second-order valence-corrected chi connectivity index (χ2v) is 4.63. The molecule has 1 aliphatic rings. The van der Waals surface area contributed by atoms with Crippen molar-refractivity contribution in [3.63, 3.8) is 0 Å². The molecule has 3 N–H and O–H groups in total. The minimum Gasteiger partial charge on any atom is -0.472 e. The summed E-state index contributed by atoms with van der Waals surface area (Å²) in [5.74, 6) is 0. The lowest BCUT2D eigenvalue weighted by molar-refractivity contribution is 0.0189. The van der Waals surface area contributed by atoms with E-state index in [0.717, 1.165) is 31.6 Å². The van der Waals surface area contributed by atoms with Crippen molar-refractivity contribution in [1.82, 2.24) is 5.32 Å². The number of ether oxygens (including phenoxy) is 1. The van der Waals surface area contributed by atoms with Crippen LogP contribution in [-0.4, -0.2) is 25.3 Å². The van der Waals surface area contributed by atoms with Crippen LogP contribution in [0.15, 0.2) is 23.0 Å². The van der Waals surface area contributed by atoms with Crippen molar-refractivity contribution in [2.24, 2.45) is 5.73 Å². The molecule has 0 amide bonds. The van der Waals surface area contributed by atoms with Crippen LogP contribution in [-0.2, 0) is 4.74 Å². The van der Waals surface area contributed by atoms with Gasteiger partial charge in [0.05, 0.1) is 18.1 Å². The fourth-order valence-corrected chi connectivity index (χ4v) is 2.13. The Labute approximate surface area is 96.1 Å². The van der Waals surface area contributed by atoms with Crippen LogP contribution in [0.4, 0.5) is 0 Å². The molecular formula is C12H20N2O2. The average Bonchev–Trinajstić information content (AvgIpc) is 2.91. The Kier molecular flexibility index (Phi) is 3.63. The van der Waals surface area contributed by atoms with E-state index in [1.165, 1.54) is 0 Å². The van der Waals surface area contributed by atoms with Gasteiger partial charge in [0.15, 0.2) is 0 Å². The maximum Gasteiger partial charge on any atom is 0.0950 e. The highest BCUT2D eigenvalue weighted by Gasteiger charge is 2.30. The third-order valence-corrected chi connectivity index (χ3v) is 3.20. The molecule has 0 aromatic carbocycles. The Morgan fingerprint density at radius 3 is 3.06 bits per heavy atom. The Morgan fingerprint density at radius 2 is 2.50 bits per heavy atom. The van der Waals surface area contributed by atoms with E-state index in [4.69, 9.17) is 14.9 Å². The van der Waals surface area contributed by atoms with Gasteiger partial charge in [-0.3, -0.25) is 0 Å². The summed E-state index contributed by atoms with van der Waals surface area (Å²) >= 11 is 0. The minimum absolute atomic E-state index is 0.0306. The first-order chi connectivity index (χ1) is 7.73. The summed E-state index contributed by atoms with van der Waals surface area (Å²) in [6.45, 7) is 4.42. The molecule has 1 aliphatic heterocycles. The van der Waals surface area contributed by atoms with Gasteiger partial charge < -0.3 is 20.2 Å². The highest BCUT2D eigenvalue weighted by atomic mass is 16.5. The Balaban J connectivity index is 1.88. The molecule has 1 saturated heterocycles. The zero-order valence-electron chi connectivity index (χ0n) is 9.74. The van der Waals surface area contributed by atoms with Crippen LogP contribution in [0, 0.1) is 0 Å². The predicted molar refractivity (Wildman–Crippen MR) is 62.1 cm³/mol. The van der Waals surface area contributed by atoms with Crippen molar-refractivity contribution in [2.75, 3.05) is 19.7 Å². The van der Waals surface area contributed by atoms with E-state index in [-0.39, 0.29) is 11.6 Å². The van der Waals surface area contributed by atoms with Crippen molar-refractivity contribution in [1.29, 1.82) is 0 Å². The summed E-state index contributed by atoms with van der Waals surface area (Å²) in [6.07, 6.45) is 5.68. The summed E-state index contributed by atoms with van der Waals surface area (Å²) in [5.41, 5.74) is 6.82. The van der Waals surface area contributed by atoms with Crippen molar-refractivity contribution < 1.29 is 9.15 Å². The van der Waals surface area contributed by atoms with Gasteiger partial charge in [-0.2, -0.15) is 0 Å². The van der Waals surface area contributed by atoms with Gasteiger partial charge in [-0.1, -0.05) is 0 Å². The van der Waals surface area contributed by atoms with Crippen LogP contribution in [0.25, 0.3) is 0 Å². The molecule has 2 unspecified atom stereocenters. The van der Waals surface area contributed by atoms with Gasteiger partial charge in [0.1, 0.15) is 0 Å². The van der Waals surface area contributed by atoms with Crippen molar-refractivity contribution in [2.45, 2.75) is 31.4 Å². The molecule has 2 heterocycles. The Bertz CT molecular complexity index is 305. The van der Waals surface area contributed by atoms with E-state index in [9.17, 15) is 0 Å². The van der Waals surface area contributed by atoms with Gasteiger partial charge in [-0.25, -0.2) is 0 Å². The lowest BCUT2D eigenvalue weighted by Gasteiger charge is -2.26. The zero-order valence-corrected chi connectivity index (χ0v) is 9.74. The summed E-state index contributed by atoms with van der Waals surface area (Å²) < 4.78 is 10.8. The van der Waals surface area contributed by atoms with Gasteiger partial charge in [-0.15, -0.1) is 0 Å². The van der Waals surface area contributed by atoms with Crippen LogP contribution in [0.2, 0.25) is 0 Å². The molecule has 1 fully saturated rings. The van der Waals surface area contributed by atoms with Crippen molar-refractivity contribution >= 4 is 0 Å². The summed E-state index contributed by atoms with van der Waals surface area (Å²) in [6, 6.07) is 2.10. The molecule has 0 radical (unpaired) electrons. The van der Waals surface area contributed by atoms with Crippen LogP contribution in [0.5, 0.6) is 0 Å². The molecule has 0 aliphatic carbocycles. The smallest absolute Gasteiger partial charge is 0.0950 e. The fourth-order valence-electron chi connectivity index (χ4n) is 2.13. The lowest BCUT2D eigenvalue weighted by Crippen LogP contribution is -2.40. The number of hydrogen-bond acceptors (Lipinski definition) is 4. The van der Waals surface area contributed by atoms with Gasteiger partial charge in [0.25, 0.3) is 0 Å². The first-order valence-corrected chi connectivity index (χ1v) is 5.83. The molecule has 0 saturated carbocycles. The highest BCUT2D eigenvalue weighted by molar-refractivity contribution is 5.12. The normalized spacial score (nSPS) is 27.1. The molecule has 4 nitrogen and oxygen atoms in total.